The van der Waals surface area contributed by atoms with Crippen LogP contribution in [0.15, 0.2) is 29.6 Å². The SMILES string of the molecule is CNC(CCl)C(C)(O)c1ccc2ccsc2c1. The van der Waals surface area contributed by atoms with Crippen LogP contribution < -0.4 is 5.32 Å². The molecule has 0 amide bonds. The molecule has 2 N–H and O–H groups in total. The molecule has 0 saturated carbocycles. The average molecular weight is 270 g/mol. The Morgan fingerprint density at radius 1 is 1.47 bits per heavy atom. The van der Waals surface area contributed by atoms with Crippen LogP contribution in [0.1, 0.15) is 12.5 Å². The normalized spacial score (nSPS) is 16.9. The number of fused-ring (bicyclic) bond motifs is 1. The molecule has 2 nitrogen and oxygen atoms in total. The summed E-state index contributed by atoms with van der Waals surface area (Å²) in [7, 11) is 1.81. The van der Waals surface area contributed by atoms with Gasteiger partial charge in [-0.05, 0) is 42.4 Å². The molecule has 2 atom stereocenters. The smallest absolute Gasteiger partial charge is 0.103 e. The Morgan fingerprint density at radius 3 is 2.88 bits per heavy atom. The lowest BCUT2D eigenvalue weighted by Crippen LogP contribution is -2.46. The summed E-state index contributed by atoms with van der Waals surface area (Å²) in [6, 6.07) is 7.95. The number of alkyl halides is 1. The number of rotatable bonds is 4. The van der Waals surface area contributed by atoms with Crippen LogP contribution in [0.4, 0.5) is 0 Å². The molecule has 0 aliphatic carbocycles. The van der Waals surface area contributed by atoms with Crippen molar-refractivity contribution in [2.45, 2.75) is 18.6 Å². The third-order valence-corrected chi connectivity index (χ3v) is 4.41. The van der Waals surface area contributed by atoms with Gasteiger partial charge in [-0.2, -0.15) is 0 Å². The second kappa shape index (κ2) is 4.94. The third-order valence-electron chi connectivity index (χ3n) is 3.22. The van der Waals surface area contributed by atoms with Crippen LogP contribution in [-0.2, 0) is 5.60 Å². The van der Waals surface area contributed by atoms with Crippen molar-refractivity contribution in [1.29, 1.82) is 0 Å². The van der Waals surface area contributed by atoms with Crippen molar-refractivity contribution >= 4 is 33.0 Å². The van der Waals surface area contributed by atoms with Gasteiger partial charge < -0.3 is 10.4 Å². The summed E-state index contributed by atoms with van der Waals surface area (Å²) in [6.45, 7) is 1.80. The summed E-state index contributed by atoms with van der Waals surface area (Å²) in [4.78, 5) is 0. The molecule has 2 aromatic rings. The number of hydrogen-bond acceptors (Lipinski definition) is 3. The van der Waals surface area contributed by atoms with Crippen molar-refractivity contribution in [3.63, 3.8) is 0 Å². The van der Waals surface area contributed by atoms with Crippen molar-refractivity contribution in [2.75, 3.05) is 12.9 Å². The van der Waals surface area contributed by atoms with E-state index in [1.54, 1.807) is 18.3 Å². The van der Waals surface area contributed by atoms with E-state index in [1.807, 2.05) is 25.2 Å². The van der Waals surface area contributed by atoms with Gasteiger partial charge in [-0.3, -0.25) is 0 Å². The van der Waals surface area contributed by atoms with Gasteiger partial charge in [0.05, 0.1) is 6.04 Å². The maximum Gasteiger partial charge on any atom is 0.103 e. The molecule has 0 bridgehead atoms. The fraction of sp³-hybridized carbons (Fsp3) is 0.385. The van der Waals surface area contributed by atoms with Crippen LogP contribution in [-0.4, -0.2) is 24.1 Å². The highest BCUT2D eigenvalue weighted by molar-refractivity contribution is 7.17. The van der Waals surface area contributed by atoms with E-state index >= 15 is 0 Å². The van der Waals surface area contributed by atoms with E-state index in [4.69, 9.17) is 11.6 Å². The average Bonchev–Trinajstić information content (AvgIpc) is 2.77. The lowest BCUT2D eigenvalue weighted by atomic mass is 9.89. The van der Waals surface area contributed by atoms with Crippen molar-refractivity contribution in [1.82, 2.24) is 5.32 Å². The number of nitrogens with one attached hydrogen (secondary N) is 1. The lowest BCUT2D eigenvalue weighted by molar-refractivity contribution is 0.0256. The van der Waals surface area contributed by atoms with Crippen LogP contribution in [0, 0.1) is 0 Å². The topological polar surface area (TPSA) is 32.3 Å². The Labute approximate surface area is 110 Å². The number of halogens is 1. The summed E-state index contributed by atoms with van der Waals surface area (Å²) in [5, 5.41) is 16.9. The first-order valence-electron chi connectivity index (χ1n) is 5.53. The lowest BCUT2D eigenvalue weighted by Gasteiger charge is -2.32. The monoisotopic (exact) mass is 269 g/mol. The number of aliphatic hydroxyl groups is 1. The van der Waals surface area contributed by atoms with Gasteiger partial charge in [-0.1, -0.05) is 12.1 Å². The van der Waals surface area contributed by atoms with Gasteiger partial charge in [0.2, 0.25) is 0 Å². The second-order valence-corrected chi connectivity index (χ2v) is 5.57. The van der Waals surface area contributed by atoms with E-state index in [-0.39, 0.29) is 6.04 Å². The molecule has 2 rings (SSSR count). The fourth-order valence-electron chi connectivity index (χ4n) is 1.98. The van der Waals surface area contributed by atoms with E-state index in [1.165, 1.54) is 10.1 Å². The minimum atomic E-state index is -0.964. The van der Waals surface area contributed by atoms with E-state index in [9.17, 15) is 5.11 Å². The Morgan fingerprint density at radius 2 is 2.24 bits per heavy atom. The Hall–Kier alpha value is -0.610. The minimum absolute atomic E-state index is 0.165. The number of thiophene rings is 1. The van der Waals surface area contributed by atoms with Crippen molar-refractivity contribution < 1.29 is 5.11 Å². The summed E-state index contributed by atoms with van der Waals surface area (Å²) >= 11 is 7.56. The zero-order chi connectivity index (χ0) is 12.5. The van der Waals surface area contributed by atoms with E-state index in [2.05, 4.69) is 16.8 Å². The first-order valence-corrected chi connectivity index (χ1v) is 6.94. The molecule has 4 heteroatoms. The number of hydrogen-bond donors (Lipinski definition) is 2. The predicted molar refractivity (Wildman–Crippen MR) is 75.0 cm³/mol. The molecule has 0 saturated heterocycles. The van der Waals surface area contributed by atoms with E-state index in [0.717, 1.165) is 5.56 Å². The molecule has 1 aromatic heterocycles. The molecule has 1 aromatic carbocycles. The molecule has 0 fully saturated rings. The number of benzene rings is 1. The first-order chi connectivity index (χ1) is 8.09. The van der Waals surface area contributed by atoms with Crippen LogP contribution >= 0.6 is 22.9 Å². The molecule has 2 unspecified atom stereocenters. The molecular weight excluding hydrogens is 254 g/mol. The molecule has 92 valence electrons. The fourth-order valence-corrected chi connectivity index (χ4v) is 3.26. The maximum absolute atomic E-state index is 10.6. The minimum Gasteiger partial charge on any atom is -0.384 e. The van der Waals surface area contributed by atoms with E-state index in [0.29, 0.717) is 5.88 Å². The molecule has 0 spiro atoms. The Bertz CT molecular complexity index is 505. The third kappa shape index (κ3) is 2.33. The predicted octanol–water partition coefficient (Wildman–Crippen LogP) is 2.94. The van der Waals surface area contributed by atoms with Gasteiger partial charge in [0.1, 0.15) is 5.60 Å². The molecule has 0 radical (unpaired) electrons. The van der Waals surface area contributed by atoms with Gasteiger partial charge in [0, 0.05) is 10.6 Å². The van der Waals surface area contributed by atoms with Crippen molar-refractivity contribution in [2.24, 2.45) is 0 Å². The highest BCUT2D eigenvalue weighted by atomic mass is 35.5. The zero-order valence-electron chi connectivity index (χ0n) is 9.90. The van der Waals surface area contributed by atoms with Crippen LogP contribution in [0.5, 0.6) is 0 Å². The van der Waals surface area contributed by atoms with Gasteiger partial charge in [-0.15, -0.1) is 22.9 Å². The maximum atomic E-state index is 10.6. The zero-order valence-corrected chi connectivity index (χ0v) is 11.5. The Balaban J connectivity index is 2.43. The molecular formula is C13H16ClNOS. The van der Waals surface area contributed by atoms with Crippen LogP contribution in [0.2, 0.25) is 0 Å². The van der Waals surface area contributed by atoms with Crippen molar-refractivity contribution in [3.8, 4) is 0 Å². The highest BCUT2D eigenvalue weighted by Gasteiger charge is 2.32. The van der Waals surface area contributed by atoms with Crippen LogP contribution in [0.25, 0.3) is 10.1 Å². The standard InChI is InChI=1S/C13H16ClNOS/c1-13(16,12(8-14)15-2)10-4-3-9-5-6-17-11(9)7-10/h3-7,12,15-16H,8H2,1-2H3. The first kappa shape index (κ1) is 12.8. The quantitative estimate of drug-likeness (QED) is 0.837. The second-order valence-electron chi connectivity index (χ2n) is 4.32. The van der Waals surface area contributed by atoms with E-state index < -0.39 is 5.60 Å². The molecule has 17 heavy (non-hydrogen) atoms. The number of likely N-dealkylation sites (N-methyl/N-ethyl adjacent to an activating group) is 1. The molecule has 1 heterocycles. The van der Waals surface area contributed by atoms with Crippen molar-refractivity contribution in [3.05, 3.63) is 35.2 Å². The summed E-state index contributed by atoms with van der Waals surface area (Å²) in [5.74, 6) is 0.367. The Kier molecular flexibility index (Phi) is 3.73. The van der Waals surface area contributed by atoms with Gasteiger partial charge in [-0.25, -0.2) is 0 Å². The molecule has 0 aliphatic heterocycles. The molecule has 0 aliphatic rings. The van der Waals surface area contributed by atoms with Crippen LogP contribution in [0.3, 0.4) is 0 Å². The van der Waals surface area contributed by atoms with Gasteiger partial charge >= 0.3 is 0 Å². The summed E-state index contributed by atoms with van der Waals surface area (Å²) in [5.41, 5.74) is -0.0678. The largest absolute Gasteiger partial charge is 0.384 e. The summed E-state index contributed by atoms with van der Waals surface area (Å²) in [6.07, 6.45) is 0. The summed E-state index contributed by atoms with van der Waals surface area (Å²) < 4.78 is 1.19. The van der Waals surface area contributed by atoms with Gasteiger partial charge in [0.25, 0.3) is 0 Å². The van der Waals surface area contributed by atoms with Gasteiger partial charge in [0.15, 0.2) is 0 Å². The highest BCUT2D eigenvalue weighted by Crippen LogP contribution is 2.30.